The highest BCUT2D eigenvalue weighted by Crippen LogP contribution is 2.25. The molecule has 98 valence electrons. The SMILES string of the molecule is O=C(NCCOCCCl)c1ccc2c(c1)CCO2. The van der Waals surface area contributed by atoms with Crippen molar-refractivity contribution in [1.29, 1.82) is 0 Å². The molecule has 1 aliphatic heterocycles. The molecular weight excluding hydrogens is 254 g/mol. The van der Waals surface area contributed by atoms with Crippen molar-refractivity contribution in [3.05, 3.63) is 29.3 Å². The molecule has 2 rings (SSSR count). The number of halogens is 1. The number of fused-ring (bicyclic) bond motifs is 1. The third-order valence-electron chi connectivity index (χ3n) is 2.71. The highest BCUT2D eigenvalue weighted by molar-refractivity contribution is 6.17. The maximum absolute atomic E-state index is 11.8. The summed E-state index contributed by atoms with van der Waals surface area (Å²) in [5, 5.41) is 2.80. The molecule has 1 aromatic rings. The highest BCUT2D eigenvalue weighted by Gasteiger charge is 2.14. The van der Waals surface area contributed by atoms with E-state index in [9.17, 15) is 4.79 Å². The summed E-state index contributed by atoms with van der Waals surface area (Å²) >= 11 is 5.47. The van der Waals surface area contributed by atoms with Crippen LogP contribution < -0.4 is 10.1 Å². The Bertz CT molecular complexity index is 423. The summed E-state index contributed by atoms with van der Waals surface area (Å²) in [7, 11) is 0. The average Bonchev–Trinajstić information content (AvgIpc) is 2.85. The molecule has 0 bridgehead atoms. The molecule has 0 atom stereocenters. The van der Waals surface area contributed by atoms with Crippen molar-refractivity contribution in [2.75, 3.05) is 32.2 Å². The monoisotopic (exact) mass is 269 g/mol. The molecule has 0 spiro atoms. The molecule has 0 radical (unpaired) electrons. The van der Waals surface area contributed by atoms with E-state index >= 15 is 0 Å². The summed E-state index contributed by atoms with van der Waals surface area (Å²) in [5.74, 6) is 1.27. The second-order valence-corrected chi connectivity index (χ2v) is 4.36. The number of hydrogen-bond donors (Lipinski definition) is 1. The van der Waals surface area contributed by atoms with Crippen molar-refractivity contribution < 1.29 is 14.3 Å². The van der Waals surface area contributed by atoms with Crippen LogP contribution >= 0.6 is 11.6 Å². The molecule has 18 heavy (non-hydrogen) atoms. The molecule has 0 aliphatic carbocycles. The number of ether oxygens (including phenoxy) is 2. The maximum atomic E-state index is 11.8. The van der Waals surface area contributed by atoms with Gasteiger partial charge in [-0.25, -0.2) is 0 Å². The number of amides is 1. The zero-order valence-corrected chi connectivity index (χ0v) is 10.8. The van der Waals surface area contributed by atoms with Crippen molar-refractivity contribution >= 4 is 17.5 Å². The van der Waals surface area contributed by atoms with Gasteiger partial charge >= 0.3 is 0 Å². The van der Waals surface area contributed by atoms with Gasteiger partial charge in [0.05, 0.1) is 19.8 Å². The van der Waals surface area contributed by atoms with E-state index in [1.54, 1.807) is 6.07 Å². The Morgan fingerprint density at radius 1 is 1.44 bits per heavy atom. The first-order valence-electron chi connectivity index (χ1n) is 5.99. The fourth-order valence-corrected chi connectivity index (χ4v) is 1.93. The van der Waals surface area contributed by atoms with Crippen LogP contribution in [-0.2, 0) is 11.2 Å². The summed E-state index contributed by atoms with van der Waals surface area (Å²) in [6.07, 6.45) is 0.870. The van der Waals surface area contributed by atoms with Crippen LogP contribution in [0.5, 0.6) is 5.75 Å². The van der Waals surface area contributed by atoms with Crippen LogP contribution in [0.4, 0.5) is 0 Å². The number of nitrogens with one attached hydrogen (secondary N) is 1. The quantitative estimate of drug-likeness (QED) is 0.630. The van der Waals surface area contributed by atoms with Crippen LogP contribution in [0.1, 0.15) is 15.9 Å². The number of carbonyl (C=O) groups excluding carboxylic acids is 1. The van der Waals surface area contributed by atoms with Crippen LogP contribution in [0.3, 0.4) is 0 Å². The summed E-state index contributed by atoms with van der Waals surface area (Å²) in [6, 6.07) is 5.51. The van der Waals surface area contributed by atoms with Gasteiger partial charge in [0.1, 0.15) is 5.75 Å². The first-order valence-corrected chi connectivity index (χ1v) is 6.52. The van der Waals surface area contributed by atoms with Gasteiger partial charge < -0.3 is 14.8 Å². The smallest absolute Gasteiger partial charge is 0.251 e. The fraction of sp³-hybridized carbons (Fsp3) is 0.462. The molecule has 1 heterocycles. The van der Waals surface area contributed by atoms with Crippen LogP contribution in [0.15, 0.2) is 18.2 Å². The van der Waals surface area contributed by atoms with Crippen molar-refractivity contribution in [2.24, 2.45) is 0 Å². The van der Waals surface area contributed by atoms with Gasteiger partial charge in [-0.1, -0.05) is 0 Å². The first-order chi connectivity index (χ1) is 8.81. The Morgan fingerprint density at radius 3 is 3.17 bits per heavy atom. The summed E-state index contributed by atoms with van der Waals surface area (Å²) in [5.41, 5.74) is 1.76. The Kier molecular flexibility index (Phi) is 4.84. The largest absolute Gasteiger partial charge is 0.493 e. The normalized spacial score (nSPS) is 12.9. The predicted molar refractivity (Wildman–Crippen MR) is 69.5 cm³/mol. The Balaban J connectivity index is 1.82. The van der Waals surface area contributed by atoms with E-state index in [1.807, 2.05) is 12.1 Å². The number of benzene rings is 1. The second kappa shape index (κ2) is 6.61. The number of rotatable bonds is 6. The Morgan fingerprint density at radius 2 is 2.33 bits per heavy atom. The molecule has 1 aromatic carbocycles. The van der Waals surface area contributed by atoms with Gasteiger partial charge in [-0.2, -0.15) is 0 Å². The second-order valence-electron chi connectivity index (χ2n) is 3.98. The van der Waals surface area contributed by atoms with E-state index in [0.717, 1.165) is 17.7 Å². The summed E-state index contributed by atoms with van der Waals surface area (Å²) in [4.78, 5) is 11.8. The zero-order valence-electron chi connectivity index (χ0n) is 10.1. The molecule has 1 N–H and O–H groups in total. The van der Waals surface area contributed by atoms with Gasteiger partial charge in [0.15, 0.2) is 0 Å². The predicted octanol–water partition coefficient (Wildman–Crippen LogP) is 1.61. The van der Waals surface area contributed by atoms with Gasteiger partial charge in [0, 0.05) is 24.4 Å². The highest BCUT2D eigenvalue weighted by atomic mass is 35.5. The topological polar surface area (TPSA) is 47.6 Å². The van der Waals surface area contributed by atoms with Crippen molar-refractivity contribution in [1.82, 2.24) is 5.32 Å². The van der Waals surface area contributed by atoms with Crippen LogP contribution in [0.25, 0.3) is 0 Å². The lowest BCUT2D eigenvalue weighted by Gasteiger charge is -2.06. The van der Waals surface area contributed by atoms with E-state index in [1.165, 1.54) is 0 Å². The maximum Gasteiger partial charge on any atom is 0.251 e. The van der Waals surface area contributed by atoms with Gasteiger partial charge in [-0.15, -0.1) is 11.6 Å². The minimum atomic E-state index is -0.0841. The van der Waals surface area contributed by atoms with Gasteiger partial charge in [0.2, 0.25) is 0 Å². The molecule has 0 saturated heterocycles. The summed E-state index contributed by atoms with van der Waals surface area (Å²) in [6.45, 7) is 2.18. The van der Waals surface area contributed by atoms with E-state index < -0.39 is 0 Å². The zero-order chi connectivity index (χ0) is 12.8. The lowest BCUT2D eigenvalue weighted by molar-refractivity contribution is 0.0923. The molecular formula is C13H16ClNO3. The molecule has 4 nitrogen and oxygen atoms in total. The van der Waals surface area contributed by atoms with Gasteiger partial charge in [-0.3, -0.25) is 4.79 Å². The van der Waals surface area contributed by atoms with Crippen molar-refractivity contribution in [3.8, 4) is 5.75 Å². The van der Waals surface area contributed by atoms with Crippen molar-refractivity contribution in [3.63, 3.8) is 0 Å². The molecule has 5 heteroatoms. The van der Waals surface area contributed by atoms with Crippen LogP contribution in [0.2, 0.25) is 0 Å². The molecule has 0 saturated carbocycles. The van der Waals surface area contributed by atoms with Crippen LogP contribution in [-0.4, -0.2) is 38.2 Å². The van der Waals surface area contributed by atoms with E-state index in [0.29, 0.717) is 37.8 Å². The van der Waals surface area contributed by atoms with E-state index in [4.69, 9.17) is 21.1 Å². The number of alkyl halides is 1. The fourth-order valence-electron chi connectivity index (χ4n) is 1.82. The van der Waals surface area contributed by atoms with E-state index in [-0.39, 0.29) is 5.91 Å². The van der Waals surface area contributed by atoms with E-state index in [2.05, 4.69) is 5.32 Å². The molecule has 0 unspecified atom stereocenters. The third kappa shape index (κ3) is 3.37. The lowest BCUT2D eigenvalue weighted by atomic mass is 10.1. The van der Waals surface area contributed by atoms with Gasteiger partial charge in [-0.05, 0) is 23.8 Å². The minimum Gasteiger partial charge on any atom is -0.493 e. The van der Waals surface area contributed by atoms with Crippen LogP contribution in [0, 0.1) is 0 Å². The molecule has 0 aromatic heterocycles. The lowest BCUT2D eigenvalue weighted by Crippen LogP contribution is -2.27. The minimum absolute atomic E-state index is 0.0841. The van der Waals surface area contributed by atoms with Gasteiger partial charge in [0.25, 0.3) is 5.91 Å². The molecule has 0 fully saturated rings. The third-order valence-corrected chi connectivity index (χ3v) is 2.86. The summed E-state index contributed by atoms with van der Waals surface area (Å²) < 4.78 is 10.6. The number of hydrogen-bond acceptors (Lipinski definition) is 3. The standard InChI is InChI=1S/C13H16ClNO3/c14-4-7-17-8-5-15-13(16)11-1-2-12-10(9-11)3-6-18-12/h1-2,9H,3-8H2,(H,15,16). The first kappa shape index (κ1) is 13.2. The average molecular weight is 270 g/mol. The number of carbonyl (C=O) groups is 1. The molecule has 1 amide bonds. The van der Waals surface area contributed by atoms with Crippen molar-refractivity contribution in [2.45, 2.75) is 6.42 Å². The Labute approximate surface area is 111 Å². The molecule has 1 aliphatic rings. The Hall–Kier alpha value is -1.26.